The molecule has 2 aromatic rings. The molecule has 7 heteroatoms. The Morgan fingerprint density at radius 1 is 1.15 bits per heavy atom. The van der Waals surface area contributed by atoms with Gasteiger partial charge in [0.1, 0.15) is 5.25 Å². The molecule has 2 aromatic carbocycles. The Bertz CT molecular complexity index is 912. The Morgan fingerprint density at radius 2 is 1.89 bits per heavy atom. The van der Waals surface area contributed by atoms with Gasteiger partial charge in [0.25, 0.3) is 0 Å². The number of benzene rings is 2. The van der Waals surface area contributed by atoms with Gasteiger partial charge < -0.3 is 10.6 Å². The quantitative estimate of drug-likeness (QED) is 0.586. The minimum Gasteiger partial charge on any atom is -0.325 e. The number of nitrogens with one attached hydrogen (secondary N) is 2. The summed E-state index contributed by atoms with van der Waals surface area (Å²) >= 11 is 1.25. The molecule has 0 bridgehead atoms. The summed E-state index contributed by atoms with van der Waals surface area (Å²) in [6.45, 7) is 4.03. The third kappa shape index (κ3) is 4.74. The van der Waals surface area contributed by atoms with E-state index in [1.807, 2.05) is 56.3 Å². The van der Waals surface area contributed by atoms with Gasteiger partial charge in [-0.1, -0.05) is 62.0 Å². The van der Waals surface area contributed by atoms with Crippen LogP contribution in [0.25, 0.3) is 10.8 Å². The number of carbonyl (C=O) groups excluding carboxylic acids is 2. The lowest BCUT2D eigenvalue weighted by molar-refractivity contribution is -0.122. The van der Waals surface area contributed by atoms with Crippen molar-refractivity contribution in [2.75, 3.05) is 5.32 Å². The van der Waals surface area contributed by atoms with Gasteiger partial charge in [0.2, 0.25) is 11.8 Å². The number of hydrogen-bond donors (Lipinski definition) is 2. The Balaban J connectivity index is 1.65. The summed E-state index contributed by atoms with van der Waals surface area (Å²) in [5.74, 6) is -0.414. The van der Waals surface area contributed by atoms with E-state index in [1.54, 1.807) is 0 Å². The normalized spacial score (nSPS) is 17.8. The van der Waals surface area contributed by atoms with Crippen molar-refractivity contribution in [2.24, 2.45) is 10.2 Å². The maximum absolute atomic E-state index is 12.5. The van der Waals surface area contributed by atoms with E-state index in [0.717, 1.165) is 35.0 Å². The van der Waals surface area contributed by atoms with Crippen LogP contribution in [0.1, 0.15) is 33.1 Å². The summed E-state index contributed by atoms with van der Waals surface area (Å²) in [7, 11) is 0. The Labute approximate surface area is 162 Å². The molecule has 0 spiro atoms. The first-order chi connectivity index (χ1) is 13.1. The highest BCUT2D eigenvalue weighted by Crippen LogP contribution is 2.26. The highest BCUT2D eigenvalue weighted by atomic mass is 32.2. The van der Waals surface area contributed by atoms with Crippen molar-refractivity contribution in [1.29, 1.82) is 0 Å². The van der Waals surface area contributed by atoms with Crippen LogP contribution in [-0.4, -0.2) is 27.9 Å². The lowest BCUT2D eigenvalue weighted by Gasteiger charge is -2.10. The largest absolute Gasteiger partial charge is 0.325 e. The first-order valence-electron chi connectivity index (χ1n) is 8.99. The van der Waals surface area contributed by atoms with Gasteiger partial charge in [-0.15, -0.1) is 5.10 Å². The molecular formula is C20H22N4O2S. The molecule has 0 radical (unpaired) electrons. The Hall–Kier alpha value is -2.67. The fourth-order valence-electron chi connectivity index (χ4n) is 2.80. The minimum absolute atomic E-state index is 0.0802. The Morgan fingerprint density at radius 3 is 2.67 bits per heavy atom. The van der Waals surface area contributed by atoms with E-state index in [-0.39, 0.29) is 18.2 Å². The molecule has 27 heavy (non-hydrogen) atoms. The molecule has 1 saturated heterocycles. The van der Waals surface area contributed by atoms with E-state index in [0.29, 0.717) is 5.17 Å². The van der Waals surface area contributed by atoms with Crippen LogP contribution in [0.3, 0.4) is 0 Å². The summed E-state index contributed by atoms with van der Waals surface area (Å²) in [5.41, 5.74) is 1.71. The van der Waals surface area contributed by atoms with Crippen molar-refractivity contribution >= 4 is 50.9 Å². The van der Waals surface area contributed by atoms with Crippen molar-refractivity contribution in [1.82, 2.24) is 5.32 Å². The number of fused-ring (bicyclic) bond motifs is 1. The van der Waals surface area contributed by atoms with Crippen LogP contribution in [0.4, 0.5) is 5.69 Å². The highest BCUT2D eigenvalue weighted by molar-refractivity contribution is 8.15. The van der Waals surface area contributed by atoms with Crippen molar-refractivity contribution in [3.05, 3.63) is 42.5 Å². The molecule has 0 aliphatic carbocycles. The first-order valence-corrected chi connectivity index (χ1v) is 9.87. The molecule has 1 aliphatic rings. The number of rotatable bonds is 6. The van der Waals surface area contributed by atoms with Crippen LogP contribution in [0.15, 0.2) is 52.7 Å². The average Bonchev–Trinajstić information content (AvgIpc) is 3.02. The van der Waals surface area contributed by atoms with Gasteiger partial charge >= 0.3 is 0 Å². The van der Waals surface area contributed by atoms with E-state index in [4.69, 9.17) is 0 Å². The topological polar surface area (TPSA) is 82.9 Å². The van der Waals surface area contributed by atoms with Gasteiger partial charge in [0.05, 0.1) is 0 Å². The van der Waals surface area contributed by atoms with Gasteiger partial charge in [-0.25, -0.2) is 0 Å². The molecular weight excluding hydrogens is 360 g/mol. The second-order valence-corrected chi connectivity index (χ2v) is 7.34. The number of hydrogen-bond acceptors (Lipinski definition) is 5. The van der Waals surface area contributed by atoms with Gasteiger partial charge in [-0.2, -0.15) is 5.10 Å². The molecule has 1 fully saturated rings. The zero-order valence-corrected chi connectivity index (χ0v) is 16.2. The predicted octanol–water partition coefficient (Wildman–Crippen LogP) is 3.93. The molecule has 0 aromatic heterocycles. The maximum atomic E-state index is 12.5. The smallest absolute Gasteiger partial charge is 0.240 e. The van der Waals surface area contributed by atoms with Crippen molar-refractivity contribution < 1.29 is 9.59 Å². The van der Waals surface area contributed by atoms with Crippen molar-refractivity contribution in [2.45, 2.75) is 38.4 Å². The van der Waals surface area contributed by atoms with Crippen molar-refractivity contribution in [3.63, 3.8) is 0 Å². The zero-order chi connectivity index (χ0) is 19.2. The highest BCUT2D eigenvalue weighted by Gasteiger charge is 2.32. The summed E-state index contributed by atoms with van der Waals surface area (Å²) in [6.07, 6.45) is 1.72. The fourth-order valence-corrected chi connectivity index (χ4v) is 3.72. The number of thioether (sulfide) groups is 1. The molecule has 2 N–H and O–H groups in total. The average molecular weight is 382 g/mol. The zero-order valence-electron chi connectivity index (χ0n) is 15.4. The lowest BCUT2D eigenvalue weighted by atomic mass is 10.1. The van der Waals surface area contributed by atoms with Gasteiger partial charge in [-0.3, -0.25) is 9.59 Å². The van der Waals surface area contributed by atoms with E-state index < -0.39 is 5.25 Å². The second-order valence-electron chi connectivity index (χ2n) is 6.15. The van der Waals surface area contributed by atoms with Crippen LogP contribution in [0.2, 0.25) is 0 Å². The SMILES string of the molecule is CCC(CC)=N/N=C1\NC(=O)[C@@H](CC(=O)Nc2cccc3ccccc23)S1. The Kier molecular flexibility index (Phi) is 6.24. The molecule has 2 amide bonds. The van der Waals surface area contributed by atoms with E-state index in [2.05, 4.69) is 20.8 Å². The third-order valence-corrected chi connectivity index (χ3v) is 5.38. The molecule has 0 saturated carbocycles. The van der Waals surface area contributed by atoms with Crippen LogP contribution < -0.4 is 10.6 Å². The number of amidine groups is 1. The van der Waals surface area contributed by atoms with Crippen LogP contribution in [0, 0.1) is 0 Å². The van der Waals surface area contributed by atoms with Crippen LogP contribution >= 0.6 is 11.8 Å². The summed E-state index contributed by atoms with van der Waals surface area (Å²) in [6, 6.07) is 13.6. The monoisotopic (exact) mass is 382 g/mol. The van der Waals surface area contributed by atoms with Crippen LogP contribution in [-0.2, 0) is 9.59 Å². The second kappa shape index (κ2) is 8.81. The molecule has 1 heterocycles. The number of nitrogens with zero attached hydrogens (tertiary/aromatic N) is 2. The van der Waals surface area contributed by atoms with Crippen molar-refractivity contribution in [3.8, 4) is 0 Å². The van der Waals surface area contributed by atoms with E-state index in [9.17, 15) is 9.59 Å². The fraction of sp³-hybridized carbons (Fsp3) is 0.300. The maximum Gasteiger partial charge on any atom is 0.240 e. The predicted molar refractivity (Wildman–Crippen MR) is 112 cm³/mol. The van der Waals surface area contributed by atoms with Crippen LogP contribution in [0.5, 0.6) is 0 Å². The molecule has 3 rings (SSSR count). The molecule has 140 valence electrons. The molecule has 1 aliphatic heterocycles. The summed E-state index contributed by atoms with van der Waals surface area (Å²) in [5, 5.41) is 15.8. The minimum atomic E-state index is -0.499. The number of anilines is 1. The summed E-state index contributed by atoms with van der Waals surface area (Å²) < 4.78 is 0. The number of carbonyl (C=O) groups is 2. The molecule has 6 nitrogen and oxygen atoms in total. The number of amides is 2. The first kappa shape index (κ1) is 19.1. The molecule has 0 unspecified atom stereocenters. The van der Waals surface area contributed by atoms with Gasteiger partial charge in [0.15, 0.2) is 5.17 Å². The van der Waals surface area contributed by atoms with Gasteiger partial charge in [0, 0.05) is 23.2 Å². The molecule has 1 atom stereocenters. The summed E-state index contributed by atoms with van der Waals surface area (Å²) in [4.78, 5) is 24.6. The lowest BCUT2D eigenvalue weighted by Crippen LogP contribution is -2.28. The van der Waals surface area contributed by atoms with E-state index in [1.165, 1.54) is 11.8 Å². The van der Waals surface area contributed by atoms with E-state index >= 15 is 0 Å². The standard InChI is InChI=1S/C20H22N4O2S/c1-3-14(4-2)23-24-20-22-19(26)17(27-20)12-18(25)21-16-11-7-9-13-8-5-6-10-15(13)16/h5-11,17H,3-4,12H2,1-2H3,(H,21,25)(H,22,24,26)/t17-/m1/s1. The third-order valence-electron chi connectivity index (χ3n) is 4.31. The van der Waals surface area contributed by atoms with Gasteiger partial charge in [-0.05, 0) is 24.3 Å².